The van der Waals surface area contributed by atoms with Gasteiger partial charge in [-0.05, 0) is 34.1 Å². The molecule has 0 spiro atoms. The molecule has 1 aliphatic heterocycles. The van der Waals surface area contributed by atoms with Gasteiger partial charge < -0.3 is 28.4 Å². The zero-order chi connectivity index (χ0) is 32.8. The van der Waals surface area contributed by atoms with E-state index < -0.39 is 30.7 Å². The summed E-state index contributed by atoms with van der Waals surface area (Å²) in [5.41, 5.74) is 4.29. The van der Waals surface area contributed by atoms with Crippen LogP contribution in [0, 0.1) is 11.8 Å². The van der Waals surface area contributed by atoms with Crippen LogP contribution >= 0.6 is 0 Å². The van der Waals surface area contributed by atoms with E-state index in [-0.39, 0.29) is 17.9 Å². The minimum absolute atomic E-state index is 0.0507. The minimum Gasteiger partial charge on any atom is -0.374 e. The van der Waals surface area contributed by atoms with E-state index in [0.717, 1.165) is 22.3 Å². The van der Waals surface area contributed by atoms with E-state index in [4.69, 9.17) is 28.4 Å². The van der Waals surface area contributed by atoms with Gasteiger partial charge in [-0.1, -0.05) is 149 Å². The largest absolute Gasteiger partial charge is 0.374 e. The van der Waals surface area contributed by atoms with E-state index in [1.807, 2.05) is 72.8 Å². The van der Waals surface area contributed by atoms with Crippen LogP contribution in [0.15, 0.2) is 121 Å². The predicted octanol–water partition coefficient (Wildman–Crippen LogP) is 8.38. The fraction of sp³-hybridized carbons (Fsp3) is 0.415. The molecule has 1 saturated heterocycles. The van der Waals surface area contributed by atoms with Gasteiger partial charge in [-0.15, -0.1) is 0 Å². The highest BCUT2D eigenvalue weighted by molar-refractivity contribution is 5.16. The van der Waals surface area contributed by atoms with Crippen LogP contribution in [0.2, 0.25) is 0 Å². The summed E-state index contributed by atoms with van der Waals surface area (Å²) in [6.07, 6.45) is -2.78. The first-order valence-corrected chi connectivity index (χ1v) is 16.9. The summed E-state index contributed by atoms with van der Waals surface area (Å²) in [4.78, 5) is 0. The Balaban J connectivity index is 1.47. The highest BCUT2D eigenvalue weighted by Crippen LogP contribution is 2.33. The molecule has 5 atom stereocenters. The summed E-state index contributed by atoms with van der Waals surface area (Å²) in [5, 5.41) is 0. The molecule has 0 saturated carbocycles. The topological polar surface area (TPSA) is 55.4 Å². The molecule has 4 aromatic rings. The van der Waals surface area contributed by atoms with Crippen LogP contribution in [-0.4, -0.2) is 43.4 Å². The van der Waals surface area contributed by atoms with Gasteiger partial charge in [0.05, 0.1) is 39.1 Å². The van der Waals surface area contributed by atoms with Gasteiger partial charge in [0.2, 0.25) is 0 Å². The Morgan fingerprint density at radius 2 is 0.872 bits per heavy atom. The molecule has 0 aromatic heterocycles. The average molecular weight is 639 g/mol. The van der Waals surface area contributed by atoms with Crippen LogP contribution in [0.25, 0.3) is 0 Å². The minimum atomic E-state index is -0.698. The molecule has 250 valence electrons. The van der Waals surface area contributed by atoms with Gasteiger partial charge in [-0.25, -0.2) is 0 Å². The third-order valence-electron chi connectivity index (χ3n) is 8.45. The van der Waals surface area contributed by atoms with Crippen LogP contribution in [-0.2, 0) is 54.8 Å². The second-order valence-corrected chi connectivity index (χ2v) is 12.9. The fourth-order valence-electron chi connectivity index (χ4n) is 6.10. The van der Waals surface area contributed by atoms with E-state index in [9.17, 15) is 0 Å². The summed E-state index contributed by atoms with van der Waals surface area (Å²) >= 11 is 0. The van der Waals surface area contributed by atoms with Crippen molar-refractivity contribution in [3.63, 3.8) is 0 Å². The van der Waals surface area contributed by atoms with E-state index in [0.29, 0.717) is 33.0 Å². The van der Waals surface area contributed by atoms with Crippen molar-refractivity contribution in [1.82, 2.24) is 0 Å². The number of benzene rings is 4. The Bertz CT molecular complexity index is 1390. The van der Waals surface area contributed by atoms with Gasteiger partial charge in [0.15, 0.2) is 6.29 Å². The molecule has 0 N–H and O–H groups in total. The maximum Gasteiger partial charge on any atom is 0.187 e. The lowest BCUT2D eigenvalue weighted by molar-refractivity contribution is -0.341. The molecular weight excluding hydrogens is 588 g/mol. The molecule has 5 rings (SSSR count). The second-order valence-electron chi connectivity index (χ2n) is 12.9. The molecule has 0 aliphatic carbocycles. The lowest BCUT2D eigenvalue weighted by Crippen LogP contribution is -2.62. The van der Waals surface area contributed by atoms with Gasteiger partial charge in [0.25, 0.3) is 0 Å². The van der Waals surface area contributed by atoms with Gasteiger partial charge in [0.1, 0.15) is 24.4 Å². The van der Waals surface area contributed by atoms with E-state index in [1.54, 1.807) is 0 Å². The molecule has 0 bridgehead atoms. The molecule has 4 aromatic carbocycles. The highest BCUT2D eigenvalue weighted by atomic mass is 16.7. The number of rotatable bonds is 17. The van der Waals surface area contributed by atoms with Crippen molar-refractivity contribution >= 4 is 0 Å². The van der Waals surface area contributed by atoms with Crippen molar-refractivity contribution in [3.05, 3.63) is 144 Å². The first-order valence-electron chi connectivity index (χ1n) is 16.9. The van der Waals surface area contributed by atoms with Gasteiger partial charge in [-0.2, -0.15) is 0 Å². The smallest absolute Gasteiger partial charge is 0.187 e. The Labute approximate surface area is 280 Å². The third-order valence-corrected chi connectivity index (χ3v) is 8.45. The second kappa shape index (κ2) is 18.3. The Kier molecular flexibility index (Phi) is 13.6. The number of hydrogen-bond donors (Lipinski definition) is 0. The normalized spacial score (nSPS) is 21.5. The van der Waals surface area contributed by atoms with Crippen LogP contribution in [0.1, 0.15) is 49.9 Å². The summed E-state index contributed by atoms with van der Waals surface area (Å²) in [7, 11) is 0. The first-order chi connectivity index (χ1) is 23.0. The van der Waals surface area contributed by atoms with E-state index >= 15 is 0 Å². The van der Waals surface area contributed by atoms with Gasteiger partial charge in [0, 0.05) is 0 Å². The summed E-state index contributed by atoms with van der Waals surface area (Å²) in [6, 6.07) is 40.7. The Morgan fingerprint density at radius 3 is 1.30 bits per heavy atom. The molecule has 1 aliphatic rings. The molecule has 1 heterocycles. The van der Waals surface area contributed by atoms with Crippen LogP contribution in [0.3, 0.4) is 0 Å². The molecule has 0 radical (unpaired) electrons. The average Bonchev–Trinajstić information content (AvgIpc) is 3.10. The van der Waals surface area contributed by atoms with Crippen molar-refractivity contribution in [3.8, 4) is 0 Å². The number of ether oxygens (including phenoxy) is 6. The molecule has 6 heteroatoms. The lowest BCUT2D eigenvalue weighted by atomic mass is 9.94. The van der Waals surface area contributed by atoms with Crippen LogP contribution in [0.5, 0.6) is 0 Å². The molecule has 1 fully saturated rings. The zero-order valence-electron chi connectivity index (χ0n) is 28.2. The highest BCUT2D eigenvalue weighted by Gasteiger charge is 2.50. The maximum absolute atomic E-state index is 6.87. The summed E-state index contributed by atoms with van der Waals surface area (Å²) < 4.78 is 40.4. The lowest BCUT2D eigenvalue weighted by Gasteiger charge is -2.47. The van der Waals surface area contributed by atoms with Crippen molar-refractivity contribution in [2.75, 3.05) is 6.61 Å². The van der Waals surface area contributed by atoms with Crippen LogP contribution < -0.4 is 0 Å². The van der Waals surface area contributed by atoms with Gasteiger partial charge in [-0.3, -0.25) is 0 Å². The maximum atomic E-state index is 6.87. The molecule has 0 unspecified atom stereocenters. The predicted molar refractivity (Wildman–Crippen MR) is 184 cm³/mol. The molecule has 47 heavy (non-hydrogen) atoms. The Hall–Kier alpha value is -3.36. The van der Waals surface area contributed by atoms with Crippen LogP contribution in [0.4, 0.5) is 0 Å². The van der Waals surface area contributed by atoms with Crippen molar-refractivity contribution in [1.29, 1.82) is 0 Å². The summed E-state index contributed by atoms with van der Waals surface area (Å²) in [6.45, 7) is 10.7. The summed E-state index contributed by atoms with van der Waals surface area (Å²) in [5.74, 6) is 0.550. The fourth-order valence-corrected chi connectivity index (χ4v) is 6.10. The Morgan fingerprint density at radius 1 is 0.489 bits per heavy atom. The van der Waals surface area contributed by atoms with Crippen molar-refractivity contribution in [2.45, 2.75) is 90.9 Å². The molecule has 6 nitrogen and oxygen atoms in total. The third kappa shape index (κ3) is 10.6. The van der Waals surface area contributed by atoms with E-state index in [1.165, 1.54) is 0 Å². The first kappa shape index (κ1) is 35.0. The standard InChI is InChI=1S/C41H50O6/c1-30(2)37(31(3)4)47-41-40(45-28-35-23-15-8-16-24-35)39(44-27-34-21-13-7-14-22-34)38(43-26-33-19-11-6-12-20-33)36(46-41)29-42-25-32-17-9-5-10-18-32/h5-24,30-31,36-41H,25-29H2,1-4H3/t36-,38-,39+,40+,41-/m1/s1. The zero-order valence-corrected chi connectivity index (χ0v) is 28.2. The molecular formula is C41H50O6. The molecule has 0 amide bonds. The quantitative estimate of drug-likeness (QED) is 0.116. The van der Waals surface area contributed by atoms with Crippen molar-refractivity contribution in [2.24, 2.45) is 11.8 Å². The van der Waals surface area contributed by atoms with Gasteiger partial charge >= 0.3 is 0 Å². The van der Waals surface area contributed by atoms with E-state index in [2.05, 4.69) is 76.2 Å². The van der Waals surface area contributed by atoms with Crippen molar-refractivity contribution < 1.29 is 28.4 Å². The monoisotopic (exact) mass is 638 g/mol. The SMILES string of the molecule is CC(C)C(O[C@H]1O[C@H](COCc2ccccc2)[C@@H](OCc2ccccc2)[C@H](OCc2ccccc2)[C@@H]1OCc1ccccc1)C(C)C. The number of hydrogen-bond acceptors (Lipinski definition) is 6.